The highest BCUT2D eigenvalue weighted by molar-refractivity contribution is 7.07. The summed E-state index contributed by atoms with van der Waals surface area (Å²) < 4.78 is 0. The van der Waals surface area contributed by atoms with Gasteiger partial charge in [0.25, 0.3) is 0 Å². The van der Waals surface area contributed by atoms with E-state index in [1.165, 1.54) is 0 Å². The first-order chi connectivity index (χ1) is 10.1. The fraction of sp³-hybridized carbons (Fsp3) is 0.688. The summed E-state index contributed by atoms with van der Waals surface area (Å²) in [5, 5.41) is 4.14. The van der Waals surface area contributed by atoms with Crippen LogP contribution in [-0.2, 0) is 11.2 Å². The molecule has 21 heavy (non-hydrogen) atoms. The normalized spacial score (nSPS) is 25.8. The van der Waals surface area contributed by atoms with Crippen LogP contribution in [0.2, 0.25) is 0 Å². The van der Waals surface area contributed by atoms with Gasteiger partial charge >= 0.3 is 0 Å². The lowest BCUT2D eigenvalue weighted by Crippen LogP contribution is -2.41. The lowest BCUT2D eigenvalue weighted by atomic mass is 10.1. The molecule has 0 spiro atoms. The van der Waals surface area contributed by atoms with E-state index in [1.54, 1.807) is 11.3 Å². The van der Waals surface area contributed by atoms with Crippen LogP contribution >= 0.6 is 11.3 Å². The summed E-state index contributed by atoms with van der Waals surface area (Å²) >= 11 is 1.67. The van der Waals surface area contributed by atoms with Gasteiger partial charge in [-0.25, -0.2) is 0 Å². The van der Waals surface area contributed by atoms with Gasteiger partial charge in [-0.2, -0.15) is 11.3 Å². The number of rotatable bonds is 5. The van der Waals surface area contributed by atoms with Crippen molar-refractivity contribution in [2.75, 3.05) is 40.3 Å². The van der Waals surface area contributed by atoms with Crippen molar-refractivity contribution >= 4 is 17.2 Å². The topological polar surface area (TPSA) is 26.8 Å². The first-order valence-electron chi connectivity index (χ1n) is 7.84. The standard InChI is InChI=1S/C16H25N3OS/c1-17(2)8-9-18-6-3-15-14(18)4-7-19(15)16(20)11-13-5-10-21-12-13/h5,10,12,14-15H,3-4,6-9,11H2,1-2H3/t14-,15-/m1/s1. The number of fused-ring (bicyclic) bond motifs is 1. The maximum absolute atomic E-state index is 12.5. The molecule has 0 bridgehead atoms. The van der Waals surface area contributed by atoms with E-state index in [-0.39, 0.29) is 0 Å². The summed E-state index contributed by atoms with van der Waals surface area (Å²) in [4.78, 5) is 19.5. The quantitative estimate of drug-likeness (QED) is 0.825. The molecule has 0 aromatic carbocycles. The van der Waals surface area contributed by atoms with Gasteiger partial charge in [-0.05, 0) is 49.3 Å². The van der Waals surface area contributed by atoms with Crippen molar-refractivity contribution in [3.63, 3.8) is 0 Å². The molecule has 2 atom stereocenters. The predicted molar refractivity (Wildman–Crippen MR) is 86.7 cm³/mol. The first-order valence-corrected chi connectivity index (χ1v) is 8.79. The Balaban J connectivity index is 1.57. The zero-order valence-electron chi connectivity index (χ0n) is 13.0. The average Bonchev–Trinajstić information content (AvgIpc) is 3.13. The summed E-state index contributed by atoms with van der Waals surface area (Å²) in [6, 6.07) is 3.11. The van der Waals surface area contributed by atoms with Crippen molar-refractivity contribution in [2.24, 2.45) is 0 Å². The van der Waals surface area contributed by atoms with Gasteiger partial charge in [0, 0.05) is 38.3 Å². The second-order valence-corrected chi connectivity index (χ2v) is 7.23. The fourth-order valence-electron chi connectivity index (χ4n) is 3.66. The Morgan fingerprint density at radius 1 is 1.33 bits per heavy atom. The molecule has 2 aliphatic heterocycles. The summed E-state index contributed by atoms with van der Waals surface area (Å²) in [5.74, 6) is 0.315. The zero-order valence-corrected chi connectivity index (χ0v) is 13.8. The molecule has 2 aliphatic rings. The van der Waals surface area contributed by atoms with Gasteiger partial charge in [0.05, 0.1) is 6.42 Å². The van der Waals surface area contributed by atoms with E-state index in [2.05, 4.69) is 40.2 Å². The van der Waals surface area contributed by atoms with Gasteiger partial charge in [-0.1, -0.05) is 0 Å². The lowest BCUT2D eigenvalue weighted by molar-refractivity contribution is -0.131. The average molecular weight is 307 g/mol. The molecule has 0 radical (unpaired) electrons. The van der Waals surface area contributed by atoms with Crippen LogP contribution in [0, 0.1) is 0 Å². The minimum atomic E-state index is 0.315. The van der Waals surface area contributed by atoms with E-state index in [4.69, 9.17) is 0 Å². The number of nitrogens with zero attached hydrogens (tertiary/aromatic N) is 3. The number of carbonyl (C=O) groups is 1. The molecule has 0 N–H and O–H groups in total. The number of likely N-dealkylation sites (N-methyl/N-ethyl adjacent to an activating group) is 1. The number of hydrogen-bond acceptors (Lipinski definition) is 4. The summed E-state index contributed by atoms with van der Waals surface area (Å²) in [6.07, 6.45) is 2.87. The van der Waals surface area contributed by atoms with Crippen molar-refractivity contribution in [1.82, 2.24) is 14.7 Å². The van der Waals surface area contributed by atoms with E-state index in [0.29, 0.717) is 24.4 Å². The molecular formula is C16H25N3OS. The molecule has 0 unspecified atom stereocenters. The van der Waals surface area contributed by atoms with Gasteiger partial charge < -0.3 is 9.80 Å². The smallest absolute Gasteiger partial charge is 0.227 e. The third kappa shape index (κ3) is 3.30. The number of hydrogen-bond donors (Lipinski definition) is 0. The molecule has 1 amide bonds. The predicted octanol–water partition coefficient (Wildman–Crippen LogP) is 1.53. The van der Waals surface area contributed by atoms with Crippen molar-refractivity contribution < 1.29 is 4.79 Å². The minimum Gasteiger partial charge on any atom is -0.338 e. The van der Waals surface area contributed by atoms with Crippen LogP contribution in [0.15, 0.2) is 16.8 Å². The Morgan fingerprint density at radius 3 is 2.86 bits per heavy atom. The van der Waals surface area contributed by atoms with Crippen molar-refractivity contribution in [3.8, 4) is 0 Å². The van der Waals surface area contributed by atoms with Gasteiger partial charge in [0.2, 0.25) is 5.91 Å². The number of carbonyl (C=O) groups excluding carboxylic acids is 1. The molecule has 3 rings (SSSR count). The van der Waals surface area contributed by atoms with Gasteiger partial charge in [0.1, 0.15) is 0 Å². The van der Waals surface area contributed by atoms with Crippen LogP contribution in [0.4, 0.5) is 0 Å². The summed E-state index contributed by atoms with van der Waals surface area (Å²) in [6.45, 7) is 4.31. The monoisotopic (exact) mass is 307 g/mol. The molecular weight excluding hydrogens is 282 g/mol. The van der Waals surface area contributed by atoms with Gasteiger partial charge in [-0.15, -0.1) is 0 Å². The molecule has 2 fully saturated rings. The molecule has 1 aromatic heterocycles. The lowest BCUT2D eigenvalue weighted by Gasteiger charge is -2.26. The largest absolute Gasteiger partial charge is 0.338 e. The van der Waals surface area contributed by atoms with Crippen LogP contribution in [0.3, 0.4) is 0 Å². The SMILES string of the molecule is CN(C)CCN1CC[C@@H]2[C@H]1CCN2C(=O)Cc1ccsc1. The maximum atomic E-state index is 12.5. The molecule has 4 nitrogen and oxygen atoms in total. The van der Waals surface area contributed by atoms with Gasteiger partial charge in [-0.3, -0.25) is 9.69 Å². The first kappa shape index (κ1) is 15.0. The van der Waals surface area contributed by atoms with Crippen LogP contribution < -0.4 is 0 Å². The van der Waals surface area contributed by atoms with Gasteiger partial charge in [0.15, 0.2) is 0 Å². The van der Waals surface area contributed by atoms with E-state index in [1.807, 2.05) is 5.38 Å². The van der Waals surface area contributed by atoms with E-state index in [0.717, 1.165) is 44.6 Å². The Labute approximate surface area is 131 Å². The van der Waals surface area contributed by atoms with Crippen molar-refractivity contribution in [2.45, 2.75) is 31.3 Å². The Morgan fingerprint density at radius 2 is 2.14 bits per heavy atom. The molecule has 0 saturated carbocycles. The summed E-state index contributed by atoms with van der Waals surface area (Å²) in [5.41, 5.74) is 1.16. The number of likely N-dealkylation sites (tertiary alicyclic amines) is 2. The number of amides is 1. The van der Waals surface area contributed by atoms with Crippen LogP contribution in [0.5, 0.6) is 0 Å². The third-order valence-corrected chi connectivity index (χ3v) is 5.51. The molecule has 116 valence electrons. The third-order valence-electron chi connectivity index (χ3n) is 4.78. The van der Waals surface area contributed by atoms with Crippen molar-refractivity contribution in [1.29, 1.82) is 0 Å². The molecule has 5 heteroatoms. The highest BCUT2D eigenvalue weighted by Crippen LogP contribution is 2.31. The van der Waals surface area contributed by atoms with E-state index in [9.17, 15) is 4.79 Å². The molecule has 3 heterocycles. The highest BCUT2D eigenvalue weighted by atomic mass is 32.1. The molecule has 2 saturated heterocycles. The van der Waals surface area contributed by atoms with Crippen molar-refractivity contribution in [3.05, 3.63) is 22.4 Å². The van der Waals surface area contributed by atoms with E-state index < -0.39 is 0 Å². The second-order valence-electron chi connectivity index (χ2n) is 6.45. The number of thiophene rings is 1. The molecule has 0 aliphatic carbocycles. The summed E-state index contributed by atoms with van der Waals surface area (Å²) in [7, 11) is 4.25. The molecule has 1 aromatic rings. The van der Waals surface area contributed by atoms with Crippen LogP contribution in [0.25, 0.3) is 0 Å². The van der Waals surface area contributed by atoms with E-state index >= 15 is 0 Å². The zero-order chi connectivity index (χ0) is 14.8. The minimum absolute atomic E-state index is 0.315. The maximum Gasteiger partial charge on any atom is 0.227 e. The Bertz CT molecular complexity index is 474. The van der Waals surface area contributed by atoms with Crippen LogP contribution in [-0.4, -0.2) is 73.0 Å². The second kappa shape index (κ2) is 6.46. The van der Waals surface area contributed by atoms with Crippen LogP contribution in [0.1, 0.15) is 18.4 Å². The Kier molecular flexibility index (Phi) is 4.62. The Hall–Kier alpha value is -0.910. The fourth-order valence-corrected chi connectivity index (χ4v) is 4.33. The highest BCUT2D eigenvalue weighted by Gasteiger charge is 2.43.